The second-order valence-corrected chi connectivity index (χ2v) is 10.0. The smallest absolute Gasteiger partial charge is 0.242 e. The summed E-state index contributed by atoms with van der Waals surface area (Å²) in [5.41, 5.74) is 10.7. The molecule has 1 aromatic heterocycles. The van der Waals surface area contributed by atoms with Crippen molar-refractivity contribution in [3.05, 3.63) is 41.0 Å². The van der Waals surface area contributed by atoms with E-state index in [1.54, 1.807) is 11.3 Å². The van der Waals surface area contributed by atoms with Gasteiger partial charge in [-0.3, -0.25) is 9.59 Å². The molecule has 3 rings (SSSR count). The number of nitrogens with zero attached hydrogens (tertiary/aromatic N) is 2. The van der Waals surface area contributed by atoms with Crippen LogP contribution in [0, 0.1) is 12.3 Å². The van der Waals surface area contributed by atoms with Crippen molar-refractivity contribution < 1.29 is 14.0 Å². The number of nitrogens with one attached hydrogen (secondary N) is 1. The van der Waals surface area contributed by atoms with Gasteiger partial charge in [-0.2, -0.15) is 0 Å². The average molecular weight is 483 g/mol. The monoisotopic (exact) mass is 482 g/mol. The number of carbonyl (C=O) groups excluding carboxylic acids is 2. The number of likely N-dealkylation sites (tertiary alicyclic amines) is 1. The molecule has 3 N–H and O–H groups in total. The lowest BCUT2D eigenvalue weighted by molar-refractivity contribution is -0.141. The Bertz CT molecular complexity index is 929. The molecule has 6 nitrogen and oxygen atoms in total. The highest BCUT2D eigenvalue weighted by Crippen LogP contribution is 2.28. The predicted molar refractivity (Wildman–Crippen MR) is 129 cm³/mol. The molecule has 1 fully saturated rings. The molecule has 3 atom stereocenters. The average Bonchev–Trinajstić information content (AvgIpc) is 3.32. The lowest BCUT2D eigenvalue weighted by atomic mass is 9.86. The minimum atomic E-state index is -1.21. The van der Waals surface area contributed by atoms with Gasteiger partial charge >= 0.3 is 0 Å². The molecule has 1 aromatic carbocycles. The van der Waals surface area contributed by atoms with Crippen LogP contribution in [-0.2, 0) is 16.0 Å². The number of thiazole rings is 1. The molecule has 2 aromatic rings. The van der Waals surface area contributed by atoms with Crippen LogP contribution < -0.4 is 11.1 Å². The number of amides is 2. The zero-order chi connectivity index (χ0) is 22.8. The predicted octanol–water partition coefficient (Wildman–Crippen LogP) is 3.51. The van der Waals surface area contributed by atoms with Crippen molar-refractivity contribution in [3.8, 4) is 10.4 Å². The first-order valence-electron chi connectivity index (χ1n) is 10.5. The van der Waals surface area contributed by atoms with Crippen LogP contribution in [0.1, 0.15) is 38.4 Å². The largest absolute Gasteiger partial charge is 0.354 e. The van der Waals surface area contributed by atoms with E-state index in [9.17, 15) is 14.0 Å². The summed E-state index contributed by atoms with van der Waals surface area (Å²) in [5, 5.41) is 2.86. The SMILES string of the molecule is Cc1ncsc1-c1ccc(CCNC(=O)[C@@H]2C[C@H](F)CN2C(=O)[C@@H](N)C(C)(C)C)cc1.Cl. The first-order valence-corrected chi connectivity index (χ1v) is 11.4. The van der Waals surface area contributed by atoms with Crippen LogP contribution in [0.15, 0.2) is 29.8 Å². The number of hydrogen-bond acceptors (Lipinski definition) is 5. The third kappa shape index (κ3) is 6.05. The van der Waals surface area contributed by atoms with E-state index in [0.29, 0.717) is 13.0 Å². The van der Waals surface area contributed by atoms with Crippen LogP contribution in [0.3, 0.4) is 0 Å². The van der Waals surface area contributed by atoms with E-state index < -0.39 is 23.7 Å². The number of nitrogens with two attached hydrogens (primary N) is 1. The summed E-state index contributed by atoms with van der Waals surface area (Å²) in [4.78, 5) is 32.2. The van der Waals surface area contributed by atoms with E-state index in [0.717, 1.165) is 21.7 Å². The summed E-state index contributed by atoms with van der Waals surface area (Å²) in [6, 6.07) is 6.58. The van der Waals surface area contributed by atoms with Gasteiger partial charge in [0.2, 0.25) is 11.8 Å². The lowest BCUT2D eigenvalue weighted by Gasteiger charge is -2.32. The molecular formula is C23H32ClFN4O2S. The maximum absolute atomic E-state index is 14.1. The Kier molecular flexibility index (Phi) is 8.79. The fourth-order valence-electron chi connectivity index (χ4n) is 3.68. The molecule has 2 heterocycles. The van der Waals surface area contributed by atoms with Gasteiger partial charge in [-0.1, -0.05) is 45.0 Å². The van der Waals surface area contributed by atoms with Gasteiger partial charge in [-0.15, -0.1) is 23.7 Å². The highest BCUT2D eigenvalue weighted by molar-refractivity contribution is 7.13. The number of aromatic nitrogens is 1. The summed E-state index contributed by atoms with van der Waals surface area (Å²) in [6.07, 6.45) is -0.554. The van der Waals surface area contributed by atoms with Crippen molar-refractivity contribution in [1.82, 2.24) is 15.2 Å². The topological polar surface area (TPSA) is 88.3 Å². The maximum atomic E-state index is 14.1. The molecule has 0 aliphatic carbocycles. The number of aryl methyl sites for hydroxylation is 1. The number of benzene rings is 1. The Hall–Kier alpha value is -2.03. The fraction of sp³-hybridized carbons (Fsp3) is 0.522. The summed E-state index contributed by atoms with van der Waals surface area (Å²) in [7, 11) is 0. The normalized spacial score (nSPS) is 19.4. The highest BCUT2D eigenvalue weighted by atomic mass is 35.5. The standard InChI is InChI=1S/C23H31FN4O2S.ClH/c1-14-19(31-13-27-14)16-7-5-15(6-8-16)9-10-26-21(29)18-11-17(24)12-28(18)22(30)20(25)23(2,3)4;/h5-8,13,17-18,20H,9-12,25H2,1-4H3,(H,26,29);1H/t17-,18-,20+;/m0./s1. The molecule has 1 aliphatic rings. The molecule has 0 spiro atoms. The third-order valence-corrected chi connectivity index (χ3v) is 6.69. The number of rotatable bonds is 6. The second-order valence-electron chi connectivity index (χ2n) is 9.19. The molecule has 0 bridgehead atoms. The van der Waals surface area contributed by atoms with Crippen molar-refractivity contribution in [1.29, 1.82) is 0 Å². The number of halogens is 2. The minimum absolute atomic E-state index is 0. The Morgan fingerprint density at radius 1 is 1.31 bits per heavy atom. The third-order valence-electron chi connectivity index (χ3n) is 5.71. The molecule has 176 valence electrons. The van der Waals surface area contributed by atoms with Crippen LogP contribution in [0.2, 0.25) is 0 Å². The van der Waals surface area contributed by atoms with Gasteiger partial charge in [0.25, 0.3) is 0 Å². The van der Waals surface area contributed by atoms with E-state index in [-0.39, 0.29) is 37.2 Å². The molecule has 0 unspecified atom stereocenters. The van der Waals surface area contributed by atoms with E-state index in [1.165, 1.54) is 4.90 Å². The number of carbonyl (C=O) groups is 2. The minimum Gasteiger partial charge on any atom is -0.354 e. The van der Waals surface area contributed by atoms with Crippen molar-refractivity contribution in [2.45, 2.75) is 58.8 Å². The molecule has 9 heteroatoms. The van der Waals surface area contributed by atoms with Gasteiger partial charge in [0.15, 0.2) is 0 Å². The molecule has 1 saturated heterocycles. The Labute approximate surface area is 199 Å². The van der Waals surface area contributed by atoms with Crippen LogP contribution in [-0.4, -0.2) is 53.0 Å². The molecule has 0 radical (unpaired) electrons. The van der Waals surface area contributed by atoms with Crippen molar-refractivity contribution in [3.63, 3.8) is 0 Å². The molecule has 2 amide bonds. The Morgan fingerprint density at radius 3 is 2.53 bits per heavy atom. The summed E-state index contributed by atoms with van der Waals surface area (Å²) < 4.78 is 14.1. The van der Waals surface area contributed by atoms with Gasteiger partial charge in [0.05, 0.1) is 28.7 Å². The van der Waals surface area contributed by atoms with Gasteiger partial charge in [0, 0.05) is 13.0 Å². The Morgan fingerprint density at radius 2 is 1.97 bits per heavy atom. The van der Waals surface area contributed by atoms with Crippen LogP contribution in [0.4, 0.5) is 4.39 Å². The van der Waals surface area contributed by atoms with E-state index in [1.807, 2.05) is 45.3 Å². The van der Waals surface area contributed by atoms with Gasteiger partial charge in [0.1, 0.15) is 12.2 Å². The van der Waals surface area contributed by atoms with E-state index >= 15 is 0 Å². The number of hydrogen-bond donors (Lipinski definition) is 2. The Balaban J connectivity index is 0.00000363. The quantitative estimate of drug-likeness (QED) is 0.659. The van der Waals surface area contributed by atoms with Crippen molar-refractivity contribution in [2.75, 3.05) is 13.1 Å². The van der Waals surface area contributed by atoms with Gasteiger partial charge < -0.3 is 16.0 Å². The summed E-state index contributed by atoms with van der Waals surface area (Å²) in [6.45, 7) is 7.89. The molecule has 0 saturated carbocycles. The fourth-order valence-corrected chi connectivity index (χ4v) is 4.49. The van der Waals surface area contributed by atoms with Crippen molar-refractivity contribution >= 4 is 35.6 Å². The van der Waals surface area contributed by atoms with Gasteiger partial charge in [-0.25, -0.2) is 9.37 Å². The van der Waals surface area contributed by atoms with E-state index in [2.05, 4.69) is 22.4 Å². The first-order chi connectivity index (χ1) is 14.6. The van der Waals surface area contributed by atoms with E-state index in [4.69, 9.17) is 5.73 Å². The first kappa shape index (κ1) is 26.2. The van der Waals surface area contributed by atoms with Crippen LogP contribution >= 0.6 is 23.7 Å². The van der Waals surface area contributed by atoms with Crippen LogP contribution in [0.5, 0.6) is 0 Å². The van der Waals surface area contributed by atoms with Crippen molar-refractivity contribution in [2.24, 2.45) is 11.1 Å². The molecular weight excluding hydrogens is 451 g/mol. The van der Waals surface area contributed by atoms with Gasteiger partial charge in [-0.05, 0) is 29.9 Å². The summed E-state index contributed by atoms with van der Waals surface area (Å²) >= 11 is 1.61. The number of alkyl halides is 1. The zero-order valence-corrected chi connectivity index (χ0v) is 20.6. The second kappa shape index (κ2) is 10.7. The lowest BCUT2D eigenvalue weighted by Crippen LogP contribution is -2.55. The summed E-state index contributed by atoms with van der Waals surface area (Å²) in [5.74, 6) is -0.701. The maximum Gasteiger partial charge on any atom is 0.242 e. The zero-order valence-electron chi connectivity index (χ0n) is 18.9. The highest BCUT2D eigenvalue weighted by Gasteiger charge is 2.43. The van der Waals surface area contributed by atoms with Crippen LogP contribution in [0.25, 0.3) is 10.4 Å². The molecule has 32 heavy (non-hydrogen) atoms. The molecule has 1 aliphatic heterocycles.